The molecule has 2 saturated carbocycles. The zero-order valence-corrected chi connectivity index (χ0v) is 34.7. The molecule has 0 radical (unpaired) electrons. The smallest absolute Gasteiger partial charge is 0.0649 e. The van der Waals surface area contributed by atoms with Gasteiger partial charge in [-0.15, -0.1) is 6.58 Å². The molecule has 48 heavy (non-hydrogen) atoms. The van der Waals surface area contributed by atoms with Crippen LogP contribution in [0.1, 0.15) is 157 Å². The lowest BCUT2D eigenvalue weighted by Gasteiger charge is -2.22. The molecule has 2 atom stereocenters. The fourth-order valence-electron chi connectivity index (χ4n) is 5.29. The van der Waals surface area contributed by atoms with E-state index in [2.05, 4.69) is 136 Å². The molecule has 0 spiro atoms. The summed E-state index contributed by atoms with van der Waals surface area (Å²) in [6, 6.07) is 17.4. The van der Waals surface area contributed by atoms with Crippen LogP contribution in [0.5, 0.6) is 0 Å². The monoisotopic (exact) mass is 660 g/mol. The van der Waals surface area contributed by atoms with Gasteiger partial charge in [0.15, 0.2) is 0 Å². The molecule has 1 nitrogen and oxygen atoms in total. The summed E-state index contributed by atoms with van der Waals surface area (Å²) in [4.78, 5) is 0. The lowest BCUT2D eigenvalue weighted by atomic mass is 10.0. The molecule has 274 valence electrons. The Balaban J connectivity index is -0.000000571. The zero-order chi connectivity index (χ0) is 37.7. The standard InChI is InChI=1S/C16H18.C13H21N.C7H14.C4H8.C3H8.2C2H6/c1-13-8-9-16(12-14(13)2)11-10-15-6-4-3-5-7-15;1-7-11(6)14-13(10(4)5)8-12(13)9(2)3;1-2-7-5-3-4-6-7;1-4(2)3;1-3-2;2*1-2/h3-9,12H,10-11H2,1-2H3;12,14H,2,4,6-8H2,1,3,5H3;7H,2-6H2,1H3;1H2,2-3H3;3H2,1-2H3;2*1-2H3/t;12-,13-;;;;;/m.0...../s1. The van der Waals surface area contributed by atoms with E-state index in [1.54, 1.807) is 0 Å². The van der Waals surface area contributed by atoms with Crippen LogP contribution in [0.2, 0.25) is 0 Å². The van der Waals surface area contributed by atoms with Gasteiger partial charge in [-0.05, 0) is 95.4 Å². The Morgan fingerprint density at radius 1 is 0.729 bits per heavy atom. The molecule has 2 fully saturated rings. The third kappa shape index (κ3) is 22.7. The van der Waals surface area contributed by atoms with Gasteiger partial charge >= 0.3 is 0 Å². The lowest BCUT2D eigenvalue weighted by molar-refractivity contribution is 0.531. The predicted molar refractivity (Wildman–Crippen MR) is 224 cm³/mol. The molecule has 0 amide bonds. The van der Waals surface area contributed by atoms with Crippen LogP contribution in [0.3, 0.4) is 0 Å². The first-order valence-corrected chi connectivity index (χ1v) is 19.3. The van der Waals surface area contributed by atoms with Gasteiger partial charge in [0.05, 0.1) is 5.54 Å². The first-order chi connectivity index (χ1) is 22.8. The van der Waals surface area contributed by atoms with Crippen molar-refractivity contribution in [1.29, 1.82) is 0 Å². The van der Waals surface area contributed by atoms with Gasteiger partial charge in [-0.1, -0.05) is 179 Å². The molecule has 4 rings (SSSR count). The Hall–Kier alpha value is -2.80. The van der Waals surface area contributed by atoms with Crippen LogP contribution in [-0.2, 0) is 12.8 Å². The van der Waals surface area contributed by atoms with Gasteiger partial charge in [0.1, 0.15) is 0 Å². The quantitative estimate of drug-likeness (QED) is 0.264. The minimum Gasteiger partial charge on any atom is -0.379 e. The van der Waals surface area contributed by atoms with Crippen molar-refractivity contribution in [3.05, 3.63) is 120 Å². The highest BCUT2D eigenvalue weighted by atomic mass is 15.1. The number of rotatable bonds is 9. The summed E-state index contributed by atoms with van der Waals surface area (Å²) in [6.45, 7) is 44.8. The maximum Gasteiger partial charge on any atom is 0.0649 e. The maximum atomic E-state index is 4.06. The molecule has 1 N–H and O–H groups in total. The van der Waals surface area contributed by atoms with E-state index in [1.165, 1.54) is 77.5 Å². The summed E-state index contributed by atoms with van der Waals surface area (Å²) in [5.41, 5.74) is 10.4. The Labute approximate surface area is 302 Å². The summed E-state index contributed by atoms with van der Waals surface area (Å²) < 4.78 is 0. The van der Waals surface area contributed by atoms with E-state index in [1.807, 2.05) is 41.5 Å². The van der Waals surface area contributed by atoms with Crippen molar-refractivity contribution in [3.63, 3.8) is 0 Å². The van der Waals surface area contributed by atoms with Crippen molar-refractivity contribution in [3.8, 4) is 0 Å². The normalized spacial score (nSPS) is 16.7. The number of hydrogen-bond acceptors (Lipinski definition) is 1. The second kappa shape index (κ2) is 30.3. The van der Waals surface area contributed by atoms with E-state index in [9.17, 15) is 0 Å². The van der Waals surface area contributed by atoms with Gasteiger partial charge in [-0.25, -0.2) is 0 Å². The molecule has 0 aromatic heterocycles. The van der Waals surface area contributed by atoms with Gasteiger partial charge in [0.25, 0.3) is 0 Å². The predicted octanol–water partition coefficient (Wildman–Crippen LogP) is 15.1. The highest BCUT2D eigenvalue weighted by Crippen LogP contribution is 2.52. The highest BCUT2D eigenvalue weighted by molar-refractivity contribution is 5.37. The molecule has 0 aliphatic heterocycles. The van der Waals surface area contributed by atoms with E-state index < -0.39 is 0 Å². The molecule has 2 aromatic rings. The second-order valence-corrected chi connectivity index (χ2v) is 13.3. The van der Waals surface area contributed by atoms with Crippen molar-refractivity contribution < 1.29 is 0 Å². The van der Waals surface area contributed by atoms with Gasteiger partial charge in [0.2, 0.25) is 0 Å². The molecular weight excluding hydrogens is 579 g/mol. The largest absolute Gasteiger partial charge is 0.379 e. The molecular formula is C47H81N. The fraction of sp³-hybridized carbons (Fsp3) is 0.574. The van der Waals surface area contributed by atoms with E-state index in [-0.39, 0.29) is 5.54 Å². The number of benzene rings is 2. The lowest BCUT2D eigenvalue weighted by Crippen LogP contribution is -2.33. The molecule has 2 aromatic carbocycles. The molecule has 0 unspecified atom stereocenters. The fourth-order valence-corrected chi connectivity index (χ4v) is 5.29. The van der Waals surface area contributed by atoms with Gasteiger partial charge in [0, 0.05) is 11.6 Å². The van der Waals surface area contributed by atoms with Crippen molar-refractivity contribution in [2.75, 3.05) is 0 Å². The Morgan fingerprint density at radius 2 is 1.21 bits per heavy atom. The molecule has 2 aliphatic carbocycles. The minimum absolute atomic E-state index is 0.0684. The topological polar surface area (TPSA) is 12.0 Å². The van der Waals surface area contributed by atoms with Crippen molar-refractivity contribution in [2.45, 2.75) is 167 Å². The summed E-state index contributed by atoms with van der Waals surface area (Å²) in [5, 5.41) is 3.49. The van der Waals surface area contributed by atoms with Crippen LogP contribution in [0, 0.1) is 25.7 Å². The van der Waals surface area contributed by atoms with E-state index in [0.29, 0.717) is 5.92 Å². The molecule has 0 saturated heterocycles. The number of allylic oxidation sites excluding steroid dienone is 2. The zero-order valence-electron chi connectivity index (χ0n) is 34.7. The Kier molecular flexibility index (Phi) is 31.3. The SMILES string of the molecule is C=C(C)C.C=C(CC)N[C@]1(C(=C)C)C[C@H]1C(=C)C.CC.CC.CCC.CCC1CCCC1.Cc1ccc(CCc2ccccc2)cc1C. The van der Waals surface area contributed by atoms with Gasteiger partial charge < -0.3 is 5.32 Å². The summed E-state index contributed by atoms with van der Waals surface area (Å²) in [6.07, 6.45) is 13.0. The van der Waals surface area contributed by atoms with Gasteiger partial charge in [-0.2, -0.15) is 0 Å². The van der Waals surface area contributed by atoms with Crippen LogP contribution in [-0.4, -0.2) is 5.54 Å². The summed E-state index contributed by atoms with van der Waals surface area (Å²) in [7, 11) is 0. The first kappa shape index (κ1) is 49.6. The molecule has 2 aliphatic rings. The van der Waals surface area contributed by atoms with Crippen molar-refractivity contribution in [2.24, 2.45) is 11.8 Å². The molecule has 0 bridgehead atoms. The van der Waals surface area contributed by atoms with Crippen LogP contribution in [0.25, 0.3) is 0 Å². The van der Waals surface area contributed by atoms with E-state index in [0.717, 1.165) is 37.3 Å². The van der Waals surface area contributed by atoms with Crippen molar-refractivity contribution >= 4 is 0 Å². The van der Waals surface area contributed by atoms with Gasteiger partial charge in [-0.3, -0.25) is 0 Å². The highest BCUT2D eigenvalue weighted by Gasteiger charge is 2.55. The van der Waals surface area contributed by atoms with E-state index in [4.69, 9.17) is 0 Å². The molecule has 0 heterocycles. The number of aryl methyl sites for hydroxylation is 4. The van der Waals surface area contributed by atoms with Crippen LogP contribution < -0.4 is 5.32 Å². The van der Waals surface area contributed by atoms with Crippen LogP contribution in [0.15, 0.2) is 97.3 Å². The van der Waals surface area contributed by atoms with Crippen LogP contribution in [0.4, 0.5) is 0 Å². The average Bonchev–Trinajstić information content (AvgIpc) is 3.57. The molecule has 1 heteroatoms. The second-order valence-electron chi connectivity index (χ2n) is 13.3. The first-order valence-electron chi connectivity index (χ1n) is 19.3. The number of hydrogen-bond donors (Lipinski definition) is 1. The van der Waals surface area contributed by atoms with Crippen LogP contribution >= 0.6 is 0 Å². The summed E-state index contributed by atoms with van der Waals surface area (Å²) >= 11 is 0. The third-order valence-electron chi connectivity index (χ3n) is 8.31. The Bertz CT molecular complexity index is 1110. The third-order valence-corrected chi connectivity index (χ3v) is 8.31. The minimum atomic E-state index is 0.0684. The number of nitrogens with one attached hydrogen (secondary N) is 1. The maximum absolute atomic E-state index is 4.06. The Morgan fingerprint density at radius 3 is 1.56 bits per heavy atom. The van der Waals surface area contributed by atoms with Crippen molar-refractivity contribution in [1.82, 2.24) is 5.32 Å². The summed E-state index contributed by atoms with van der Waals surface area (Å²) in [5.74, 6) is 1.64. The average molecular weight is 660 g/mol. The van der Waals surface area contributed by atoms with E-state index >= 15 is 0 Å².